The van der Waals surface area contributed by atoms with Gasteiger partial charge in [0.05, 0.1) is 5.69 Å². The van der Waals surface area contributed by atoms with Crippen molar-refractivity contribution in [1.82, 2.24) is 14.7 Å². The van der Waals surface area contributed by atoms with Gasteiger partial charge in [-0.25, -0.2) is 4.98 Å². The van der Waals surface area contributed by atoms with Crippen molar-refractivity contribution in [3.05, 3.63) is 36.3 Å². The molecule has 0 amide bonds. The number of aromatic nitrogens is 2. The van der Waals surface area contributed by atoms with Gasteiger partial charge in [0.1, 0.15) is 5.65 Å². The van der Waals surface area contributed by atoms with Crippen LogP contribution in [-0.2, 0) is 6.42 Å². The molecule has 0 saturated heterocycles. The predicted molar refractivity (Wildman–Crippen MR) is 71.5 cm³/mol. The molecule has 2 heterocycles. The number of rotatable bonds is 4. The Balaban J connectivity index is 1.58. The summed E-state index contributed by atoms with van der Waals surface area (Å²) in [4.78, 5) is 8.82. The molecule has 5 heteroatoms. The van der Waals surface area contributed by atoms with Crippen LogP contribution in [0, 0.1) is 0 Å². The molecule has 5 nitrogen and oxygen atoms in total. The third-order valence-corrected chi connectivity index (χ3v) is 2.99. The largest absolute Gasteiger partial charge is 0.370 e. The first-order chi connectivity index (χ1) is 8.81. The fourth-order valence-electron chi connectivity index (χ4n) is 1.88. The van der Waals surface area contributed by atoms with Gasteiger partial charge in [-0.2, -0.15) is 0 Å². The van der Waals surface area contributed by atoms with Gasteiger partial charge in [0, 0.05) is 31.4 Å². The summed E-state index contributed by atoms with van der Waals surface area (Å²) in [6.45, 7) is 0.676. The highest BCUT2D eigenvalue weighted by molar-refractivity contribution is 5.78. The molecule has 0 bridgehead atoms. The maximum absolute atomic E-state index is 5.77. The summed E-state index contributed by atoms with van der Waals surface area (Å²) in [7, 11) is 0. The molecule has 1 aliphatic carbocycles. The van der Waals surface area contributed by atoms with Crippen molar-refractivity contribution in [3.8, 4) is 0 Å². The number of nitrogens with one attached hydrogen (secondary N) is 1. The third kappa shape index (κ3) is 2.61. The molecule has 0 radical (unpaired) electrons. The van der Waals surface area contributed by atoms with Gasteiger partial charge < -0.3 is 15.5 Å². The second-order valence-electron chi connectivity index (χ2n) is 4.63. The Hall–Kier alpha value is -2.04. The number of pyridine rings is 1. The summed E-state index contributed by atoms with van der Waals surface area (Å²) < 4.78 is 2.02. The minimum Gasteiger partial charge on any atom is -0.370 e. The molecular weight excluding hydrogens is 226 g/mol. The summed E-state index contributed by atoms with van der Waals surface area (Å²) in [5, 5.41) is 3.17. The topological polar surface area (TPSA) is 67.7 Å². The lowest BCUT2D eigenvalue weighted by molar-refractivity contribution is 0.864. The highest BCUT2D eigenvalue weighted by Crippen LogP contribution is 2.17. The van der Waals surface area contributed by atoms with E-state index in [0.29, 0.717) is 18.5 Å². The highest BCUT2D eigenvalue weighted by atomic mass is 15.1. The Kier molecular flexibility index (Phi) is 2.88. The Labute approximate surface area is 106 Å². The number of fused-ring (bicyclic) bond motifs is 1. The molecule has 1 saturated carbocycles. The van der Waals surface area contributed by atoms with Crippen LogP contribution in [0.3, 0.4) is 0 Å². The van der Waals surface area contributed by atoms with Gasteiger partial charge in [0.25, 0.3) is 0 Å². The summed E-state index contributed by atoms with van der Waals surface area (Å²) >= 11 is 0. The second-order valence-corrected chi connectivity index (χ2v) is 4.63. The van der Waals surface area contributed by atoms with E-state index in [1.807, 2.05) is 35.0 Å². The van der Waals surface area contributed by atoms with E-state index < -0.39 is 0 Å². The lowest BCUT2D eigenvalue weighted by atomic mass is 10.3. The van der Waals surface area contributed by atoms with E-state index in [1.54, 1.807) is 0 Å². The van der Waals surface area contributed by atoms with Crippen LogP contribution in [0.2, 0.25) is 0 Å². The zero-order valence-corrected chi connectivity index (χ0v) is 10.2. The highest BCUT2D eigenvalue weighted by Gasteiger charge is 2.21. The second kappa shape index (κ2) is 4.68. The molecular formula is C13H17N5. The fraction of sp³-hybridized carbons (Fsp3) is 0.385. The maximum Gasteiger partial charge on any atom is 0.188 e. The van der Waals surface area contributed by atoms with Crippen LogP contribution < -0.4 is 11.1 Å². The monoisotopic (exact) mass is 243 g/mol. The predicted octanol–water partition coefficient (Wildman–Crippen LogP) is 0.943. The average molecular weight is 243 g/mol. The first-order valence-electron chi connectivity index (χ1n) is 6.30. The number of hydrogen-bond acceptors (Lipinski definition) is 2. The number of hydrogen-bond donors (Lipinski definition) is 2. The normalized spacial score (nSPS) is 16.1. The molecule has 0 spiro atoms. The van der Waals surface area contributed by atoms with E-state index in [4.69, 9.17) is 5.73 Å². The van der Waals surface area contributed by atoms with E-state index in [2.05, 4.69) is 15.3 Å². The van der Waals surface area contributed by atoms with Crippen LogP contribution in [0.1, 0.15) is 18.5 Å². The van der Waals surface area contributed by atoms with Gasteiger partial charge in [0.2, 0.25) is 0 Å². The van der Waals surface area contributed by atoms with Crippen LogP contribution in [0.4, 0.5) is 0 Å². The SMILES string of the molecule is NC(=NCCc1cn2ccccc2n1)NC1CC1. The minimum absolute atomic E-state index is 0.557. The molecule has 94 valence electrons. The molecule has 1 aliphatic rings. The molecule has 0 unspecified atom stereocenters. The minimum atomic E-state index is 0.557. The molecule has 0 aliphatic heterocycles. The Morgan fingerprint density at radius 1 is 1.50 bits per heavy atom. The molecule has 18 heavy (non-hydrogen) atoms. The van der Waals surface area contributed by atoms with Gasteiger partial charge in [-0.05, 0) is 25.0 Å². The van der Waals surface area contributed by atoms with Crippen LogP contribution in [-0.4, -0.2) is 27.9 Å². The van der Waals surface area contributed by atoms with E-state index in [1.165, 1.54) is 12.8 Å². The summed E-state index contributed by atoms with van der Waals surface area (Å²) in [6, 6.07) is 6.54. The molecule has 0 aromatic carbocycles. The number of nitrogens with zero attached hydrogens (tertiary/aromatic N) is 3. The van der Waals surface area contributed by atoms with Crippen molar-refractivity contribution in [3.63, 3.8) is 0 Å². The first-order valence-corrected chi connectivity index (χ1v) is 6.30. The number of nitrogens with two attached hydrogens (primary N) is 1. The quantitative estimate of drug-likeness (QED) is 0.620. The smallest absolute Gasteiger partial charge is 0.188 e. The maximum atomic E-state index is 5.77. The molecule has 3 rings (SSSR count). The van der Waals surface area contributed by atoms with Crippen molar-refractivity contribution in [1.29, 1.82) is 0 Å². The van der Waals surface area contributed by atoms with E-state index >= 15 is 0 Å². The standard InChI is InChI=1S/C13H17N5/c14-13(17-10-4-5-10)15-7-6-11-9-18-8-2-1-3-12(18)16-11/h1-3,8-10H,4-7H2,(H3,14,15,17). The molecule has 3 N–H and O–H groups in total. The van der Waals surface area contributed by atoms with Gasteiger partial charge in [-0.15, -0.1) is 0 Å². The Morgan fingerprint density at radius 2 is 2.39 bits per heavy atom. The average Bonchev–Trinajstić information content (AvgIpc) is 3.07. The van der Waals surface area contributed by atoms with Crippen molar-refractivity contribution in [2.45, 2.75) is 25.3 Å². The third-order valence-electron chi connectivity index (χ3n) is 2.99. The van der Waals surface area contributed by atoms with E-state index in [9.17, 15) is 0 Å². The molecule has 2 aromatic heterocycles. The van der Waals surface area contributed by atoms with E-state index in [0.717, 1.165) is 17.8 Å². The Bertz CT molecular complexity index is 535. The van der Waals surface area contributed by atoms with Gasteiger partial charge in [-0.3, -0.25) is 4.99 Å². The van der Waals surface area contributed by atoms with Crippen molar-refractivity contribution < 1.29 is 0 Å². The molecule has 2 aromatic rings. The van der Waals surface area contributed by atoms with Crippen LogP contribution in [0.5, 0.6) is 0 Å². The zero-order valence-electron chi connectivity index (χ0n) is 10.2. The number of imidazole rings is 1. The Morgan fingerprint density at radius 3 is 3.17 bits per heavy atom. The number of guanidine groups is 1. The summed E-state index contributed by atoms with van der Waals surface area (Å²) in [5.74, 6) is 0.557. The number of aliphatic imine (C=N–C) groups is 1. The van der Waals surface area contributed by atoms with Crippen LogP contribution in [0.15, 0.2) is 35.6 Å². The zero-order chi connectivity index (χ0) is 12.4. The van der Waals surface area contributed by atoms with E-state index in [-0.39, 0.29) is 0 Å². The summed E-state index contributed by atoms with van der Waals surface area (Å²) in [6.07, 6.45) is 7.27. The fourth-order valence-corrected chi connectivity index (χ4v) is 1.88. The van der Waals surface area contributed by atoms with Gasteiger partial charge >= 0.3 is 0 Å². The van der Waals surface area contributed by atoms with Gasteiger partial charge in [-0.1, -0.05) is 6.07 Å². The van der Waals surface area contributed by atoms with Crippen molar-refractivity contribution in [2.75, 3.05) is 6.54 Å². The van der Waals surface area contributed by atoms with Crippen molar-refractivity contribution >= 4 is 11.6 Å². The molecule has 0 atom stereocenters. The van der Waals surface area contributed by atoms with Crippen LogP contribution in [0.25, 0.3) is 5.65 Å². The molecule has 1 fully saturated rings. The van der Waals surface area contributed by atoms with Crippen LogP contribution >= 0.6 is 0 Å². The first kappa shape index (κ1) is 11.1. The summed E-state index contributed by atoms with van der Waals surface area (Å²) in [5.41, 5.74) is 7.79. The lowest BCUT2D eigenvalue weighted by Crippen LogP contribution is -2.33. The lowest BCUT2D eigenvalue weighted by Gasteiger charge is -2.01. The van der Waals surface area contributed by atoms with Gasteiger partial charge in [0.15, 0.2) is 5.96 Å². The van der Waals surface area contributed by atoms with Crippen molar-refractivity contribution in [2.24, 2.45) is 10.7 Å².